The molecular formula is C15H22N4O3S. The maximum Gasteiger partial charge on any atom is 0.245 e. The van der Waals surface area contributed by atoms with Crippen LogP contribution in [0.25, 0.3) is 11.0 Å². The van der Waals surface area contributed by atoms with Gasteiger partial charge in [0.05, 0.1) is 13.2 Å². The van der Waals surface area contributed by atoms with Gasteiger partial charge in [-0.25, -0.2) is 13.4 Å². The smallest absolute Gasteiger partial charge is 0.245 e. The third-order valence-corrected chi connectivity index (χ3v) is 6.33. The highest BCUT2D eigenvalue weighted by Crippen LogP contribution is 2.24. The van der Waals surface area contributed by atoms with Crippen molar-refractivity contribution >= 4 is 21.1 Å². The number of nitrogens with one attached hydrogen (secondary N) is 1. The molecule has 1 unspecified atom stereocenters. The number of morpholine rings is 1. The molecule has 1 aliphatic heterocycles. The number of aromatic amines is 1. The summed E-state index contributed by atoms with van der Waals surface area (Å²) in [7, 11) is -1.93. The van der Waals surface area contributed by atoms with Gasteiger partial charge in [0.15, 0.2) is 0 Å². The summed E-state index contributed by atoms with van der Waals surface area (Å²) in [5, 5.41) is 0.623. The number of aromatic nitrogens is 2. The molecule has 0 radical (unpaired) electrons. The van der Waals surface area contributed by atoms with Crippen molar-refractivity contribution in [3.63, 3.8) is 0 Å². The molecule has 0 bridgehead atoms. The second-order valence-electron chi connectivity index (χ2n) is 5.84. The van der Waals surface area contributed by atoms with Crippen molar-refractivity contribution in [1.29, 1.82) is 0 Å². The highest BCUT2D eigenvalue weighted by molar-refractivity contribution is 7.89. The average molecular weight is 338 g/mol. The average Bonchev–Trinajstić information content (AvgIpc) is 2.99. The number of hydrogen-bond acceptors (Lipinski definition) is 5. The lowest BCUT2D eigenvalue weighted by atomic mass is 10.3. The van der Waals surface area contributed by atoms with Crippen LogP contribution in [-0.4, -0.2) is 73.5 Å². The summed E-state index contributed by atoms with van der Waals surface area (Å²) in [5.41, 5.74) is 0.584. The van der Waals surface area contributed by atoms with Crippen LogP contribution in [0.2, 0.25) is 0 Å². The molecule has 1 aliphatic rings. The molecule has 0 saturated carbocycles. The van der Waals surface area contributed by atoms with Crippen LogP contribution in [0.4, 0.5) is 0 Å². The van der Waals surface area contributed by atoms with Crippen LogP contribution in [0.15, 0.2) is 29.4 Å². The largest absolute Gasteiger partial charge is 0.379 e. The van der Waals surface area contributed by atoms with E-state index in [1.165, 1.54) is 10.5 Å². The monoisotopic (exact) mass is 338 g/mol. The van der Waals surface area contributed by atoms with Crippen LogP contribution in [0.3, 0.4) is 0 Å². The Balaban J connectivity index is 1.80. The number of fused-ring (bicyclic) bond motifs is 1. The van der Waals surface area contributed by atoms with Gasteiger partial charge in [0, 0.05) is 50.5 Å². The Morgan fingerprint density at radius 3 is 2.91 bits per heavy atom. The van der Waals surface area contributed by atoms with Gasteiger partial charge in [0.1, 0.15) is 10.5 Å². The van der Waals surface area contributed by atoms with Crippen molar-refractivity contribution < 1.29 is 13.2 Å². The zero-order chi connectivity index (χ0) is 16.4. The Bertz CT molecular complexity index is 768. The molecule has 126 valence electrons. The molecule has 0 aromatic carbocycles. The first kappa shape index (κ1) is 16.4. The zero-order valence-electron chi connectivity index (χ0n) is 13.4. The maximum absolute atomic E-state index is 12.9. The standard InChI is InChI=1S/C15H22N4O3S/c1-12(11-19-6-8-22-9-7-19)18(2)23(20,21)14-10-17-15-13(14)4-3-5-16-15/h3-5,10,12H,6-9,11H2,1-2H3,(H,16,17). The Hall–Kier alpha value is -1.48. The Labute approximate surface area is 136 Å². The van der Waals surface area contributed by atoms with Crippen molar-refractivity contribution in [2.75, 3.05) is 39.9 Å². The van der Waals surface area contributed by atoms with Gasteiger partial charge in [-0.15, -0.1) is 0 Å². The van der Waals surface area contributed by atoms with Gasteiger partial charge < -0.3 is 9.72 Å². The molecular weight excluding hydrogens is 316 g/mol. The molecule has 1 atom stereocenters. The highest BCUT2D eigenvalue weighted by Gasteiger charge is 2.29. The first-order valence-corrected chi connectivity index (χ1v) is 9.14. The molecule has 8 heteroatoms. The first-order chi connectivity index (χ1) is 11.0. The van der Waals surface area contributed by atoms with E-state index in [4.69, 9.17) is 4.74 Å². The van der Waals surface area contributed by atoms with Gasteiger partial charge in [0.2, 0.25) is 10.0 Å². The lowest BCUT2D eigenvalue weighted by Gasteiger charge is -2.32. The van der Waals surface area contributed by atoms with Crippen molar-refractivity contribution in [3.8, 4) is 0 Å². The van der Waals surface area contributed by atoms with Crippen LogP contribution in [-0.2, 0) is 14.8 Å². The number of ether oxygens (including phenoxy) is 1. The molecule has 7 nitrogen and oxygen atoms in total. The molecule has 1 N–H and O–H groups in total. The summed E-state index contributed by atoms with van der Waals surface area (Å²) in [4.78, 5) is 9.59. The van der Waals surface area contributed by atoms with E-state index in [0.717, 1.165) is 13.1 Å². The number of sulfonamides is 1. The van der Waals surface area contributed by atoms with E-state index in [0.29, 0.717) is 30.8 Å². The molecule has 23 heavy (non-hydrogen) atoms. The van der Waals surface area contributed by atoms with Gasteiger partial charge in [0.25, 0.3) is 0 Å². The Kier molecular flexibility index (Phi) is 4.67. The van der Waals surface area contributed by atoms with E-state index < -0.39 is 10.0 Å². The van der Waals surface area contributed by atoms with Gasteiger partial charge in [-0.05, 0) is 19.1 Å². The fourth-order valence-electron chi connectivity index (χ4n) is 2.81. The zero-order valence-corrected chi connectivity index (χ0v) is 14.2. The number of pyridine rings is 1. The van der Waals surface area contributed by atoms with E-state index in [1.807, 2.05) is 6.92 Å². The predicted molar refractivity (Wildman–Crippen MR) is 87.8 cm³/mol. The van der Waals surface area contributed by atoms with E-state index in [1.54, 1.807) is 25.4 Å². The Morgan fingerprint density at radius 2 is 2.17 bits per heavy atom. The third-order valence-electron chi connectivity index (χ3n) is 4.32. The SMILES string of the molecule is CC(CN1CCOCC1)N(C)S(=O)(=O)c1c[nH]c2ncccc12. The molecule has 0 aliphatic carbocycles. The summed E-state index contributed by atoms with van der Waals surface area (Å²) in [5.74, 6) is 0. The van der Waals surface area contributed by atoms with Gasteiger partial charge in [-0.3, -0.25) is 4.90 Å². The number of hydrogen-bond donors (Lipinski definition) is 1. The van der Waals surface area contributed by atoms with Crippen LogP contribution in [0.1, 0.15) is 6.92 Å². The predicted octanol–water partition coefficient (Wildman–Crippen LogP) is 0.904. The third kappa shape index (κ3) is 3.25. The fourth-order valence-corrected chi connectivity index (χ4v) is 4.31. The van der Waals surface area contributed by atoms with E-state index in [9.17, 15) is 8.42 Å². The minimum Gasteiger partial charge on any atom is -0.379 e. The molecule has 1 fully saturated rings. The van der Waals surface area contributed by atoms with Crippen LogP contribution >= 0.6 is 0 Å². The molecule has 3 rings (SSSR count). The van der Waals surface area contributed by atoms with E-state index >= 15 is 0 Å². The van der Waals surface area contributed by atoms with E-state index in [-0.39, 0.29) is 10.9 Å². The lowest BCUT2D eigenvalue weighted by molar-refractivity contribution is 0.0314. The summed E-state index contributed by atoms with van der Waals surface area (Å²) in [6, 6.07) is 3.39. The van der Waals surface area contributed by atoms with Crippen molar-refractivity contribution in [2.45, 2.75) is 17.9 Å². The highest BCUT2D eigenvalue weighted by atomic mass is 32.2. The molecule has 3 heterocycles. The molecule has 0 spiro atoms. The van der Waals surface area contributed by atoms with Crippen LogP contribution in [0.5, 0.6) is 0 Å². The van der Waals surface area contributed by atoms with Crippen molar-refractivity contribution in [1.82, 2.24) is 19.2 Å². The van der Waals surface area contributed by atoms with Gasteiger partial charge in [-0.1, -0.05) is 0 Å². The number of rotatable bonds is 5. The summed E-state index contributed by atoms with van der Waals surface area (Å²) in [6.45, 7) is 5.72. The second-order valence-corrected chi connectivity index (χ2v) is 7.80. The van der Waals surface area contributed by atoms with Gasteiger partial charge in [-0.2, -0.15) is 4.31 Å². The maximum atomic E-state index is 12.9. The van der Waals surface area contributed by atoms with Crippen LogP contribution in [0, 0.1) is 0 Å². The number of H-pyrrole nitrogens is 1. The Morgan fingerprint density at radius 1 is 1.43 bits per heavy atom. The number of likely N-dealkylation sites (N-methyl/N-ethyl adjacent to an activating group) is 1. The summed E-state index contributed by atoms with van der Waals surface area (Å²) >= 11 is 0. The quantitative estimate of drug-likeness (QED) is 0.876. The fraction of sp³-hybridized carbons (Fsp3) is 0.533. The van der Waals surface area contributed by atoms with Crippen LogP contribution < -0.4 is 0 Å². The van der Waals surface area contributed by atoms with Crippen molar-refractivity contribution in [3.05, 3.63) is 24.5 Å². The second kappa shape index (κ2) is 6.56. The van der Waals surface area contributed by atoms with E-state index in [2.05, 4.69) is 14.9 Å². The molecule has 0 amide bonds. The summed E-state index contributed by atoms with van der Waals surface area (Å²) < 4.78 is 32.6. The molecule has 2 aromatic heterocycles. The summed E-state index contributed by atoms with van der Waals surface area (Å²) in [6.07, 6.45) is 3.16. The molecule has 2 aromatic rings. The normalized spacial score (nSPS) is 18.6. The first-order valence-electron chi connectivity index (χ1n) is 7.70. The van der Waals surface area contributed by atoms with Crippen molar-refractivity contribution in [2.24, 2.45) is 0 Å². The number of nitrogens with zero attached hydrogens (tertiary/aromatic N) is 3. The topological polar surface area (TPSA) is 78.5 Å². The molecule has 1 saturated heterocycles. The minimum atomic E-state index is -3.57. The van der Waals surface area contributed by atoms with Gasteiger partial charge >= 0.3 is 0 Å². The lowest BCUT2D eigenvalue weighted by Crippen LogP contribution is -2.46. The minimum absolute atomic E-state index is 0.125.